The molecule has 0 bridgehead atoms. The Labute approximate surface area is 400 Å². The molecule has 1 N–H and O–H groups in total. The summed E-state index contributed by atoms with van der Waals surface area (Å²) in [4.78, 5) is 36.9. The van der Waals surface area contributed by atoms with Crippen molar-refractivity contribution in [2.75, 3.05) is 68.7 Å². The molecule has 4 aliphatic heterocycles. The Kier molecular flexibility index (Phi) is 13.7. The number of aromatic nitrogens is 4. The number of carbonyl (C=O) groups excluding carboxylic acids is 2. The number of nitrogens with zero attached hydrogens (tertiary/aromatic N) is 9. The number of amides is 4. The van der Waals surface area contributed by atoms with Gasteiger partial charge in [-0.05, 0) is 103 Å². The summed E-state index contributed by atoms with van der Waals surface area (Å²) in [6, 6.07) is 32.4. The molecule has 0 saturated carbocycles. The van der Waals surface area contributed by atoms with Gasteiger partial charge in [-0.15, -0.1) is 20.4 Å². The second kappa shape index (κ2) is 19.9. The minimum atomic E-state index is -4.69. The first-order chi connectivity index (χ1) is 33.6. The van der Waals surface area contributed by atoms with Gasteiger partial charge in [0.1, 0.15) is 0 Å². The quantitative estimate of drug-likeness (QED) is 0.139. The second-order valence-corrected chi connectivity index (χ2v) is 18.5. The zero-order valence-electron chi connectivity index (χ0n) is 38.4. The zero-order valence-corrected chi connectivity index (χ0v) is 38.4. The Bertz CT molecular complexity index is 2690. The number of nitrogens with one attached hydrogen (secondary N) is 1. The summed E-state index contributed by atoms with van der Waals surface area (Å²) in [6.45, 7) is 11.1. The van der Waals surface area contributed by atoms with Crippen molar-refractivity contribution in [2.24, 2.45) is 10.8 Å². The van der Waals surface area contributed by atoms with E-state index in [1.807, 2.05) is 70.5 Å². The Hall–Kier alpha value is -6.80. The third-order valence-electron chi connectivity index (χ3n) is 13.8. The summed E-state index contributed by atoms with van der Waals surface area (Å²) in [5.74, 6) is -3.17. The van der Waals surface area contributed by atoms with Crippen LogP contribution in [0, 0.1) is 10.8 Å². The van der Waals surface area contributed by atoms with Crippen LogP contribution in [0.4, 0.5) is 47.3 Å². The molecule has 20 heteroatoms. The minimum Gasteiger partial charge on any atom is -0.413 e. The summed E-state index contributed by atoms with van der Waals surface area (Å²) in [7, 11) is 0. The third kappa shape index (κ3) is 10.8. The number of halogens is 6. The molecule has 2 aromatic heterocycles. The molecule has 0 unspecified atom stereocenters. The van der Waals surface area contributed by atoms with Gasteiger partial charge in [0.2, 0.25) is 11.8 Å². The van der Waals surface area contributed by atoms with Crippen molar-refractivity contribution in [3.63, 3.8) is 0 Å². The molecule has 4 amide bonds. The average molecular weight is 971 g/mol. The lowest BCUT2D eigenvalue weighted by molar-refractivity contribution is -0.157. The average Bonchev–Trinajstić information content (AvgIpc) is 4.08. The molecular formula is C50H52F6N10O4. The van der Waals surface area contributed by atoms with Crippen LogP contribution >= 0.6 is 0 Å². The highest BCUT2D eigenvalue weighted by molar-refractivity contribution is 5.92. The number of para-hydroxylation sites is 2. The van der Waals surface area contributed by atoms with E-state index >= 15 is 0 Å². The highest BCUT2D eigenvalue weighted by Gasteiger charge is 2.46. The lowest BCUT2D eigenvalue weighted by Gasteiger charge is -2.54. The molecule has 4 aliphatic rings. The van der Waals surface area contributed by atoms with Gasteiger partial charge in [0, 0.05) is 74.9 Å². The lowest BCUT2D eigenvalue weighted by Crippen LogP contribution is -2.61. The number of hydrogen-bond donors (Lipinski definition) is 1. The van der Waals surface area contributed by atoms with E-state index in [1.165, 1.54) is 0 Å². The molecule has 70 heavy (non-hydrogen) atoms. The maximum Gasteiger partial charge on any atom is 0.470 e. The molecule has 4 aromatic carbocycles. The van der Waals surface area contributed by atoms with Crippen LogP contribution in [-0.4, -0.2) is 106 Å². The molecule has 368 valence electrons. The van der Waals surface area contributed by atoms with Crippen LogP contribution in [0.2, 0.25) is 0 Å². The maximum absolute atomic E-state index is 13.6. The molecule has 4 fully saturated rings. The zero-order chi connectivity index (χ0) is 49.1. The molecule has 0 atom stereocenters. The predicted octanol–water partition coefficient (Wildman–Crippen LogP) is 9.87. The summed E-state index contributed by atoms with van der Waals surface area (Å²) in [6.07, 6.45) is -5.37. The van der Waals surface area contributed by atoms with Gasteiger partial charge >= 0.3 is 36.2 Å². The van der Waals surface area contributed by atoms with Gasteiger partial charge in [0.25, 0.3) is 0 Å². The van der Waals surface area contributed by atoms with Crippen molar-refractivity contribution in [3.8, 4) is 22.9 Å². The Balaban J connectivity index is 0.000000174. The van der Waals surface area contributed by atoms with Crippen molar-refractivity contribution < 1.29 is 44.8 Å². The van der Waals surface area contributed by atoms with E-state index in [2.05, 4.69) is 37.5 Å². The fraction of sp³-hybridized carbons (Fsp3) is 0.400. The van der Waals surface area contributed by atoms with Crippen molar-refractivity contribution >= 4 is 23.4 Å². The lowest BCUT2D eigenvalue weighted by atomic mass is 9.72. The van der Waals surface area contributed by atoms with Gasteiger partial charge in [0.15, 0.2) is 0 Å². The second-order valence-electron chi connectivity index (χ2n) is 18.5. The topological polar surface area (TPSA) is 140 Å². The number of benzene rings is 4. The molecule has 4 saturated heterocycles. The van der Waals surface area contributed by atoms with Gasteiger partial charge in [-0.25, -0.2) is 9.59 Å². The summed E-state index contributed by atoms with van der Waals surface area (Å²) in [5.41, 5.74) is 4.67. The third-order valence-corrected chi connectivity index (χ3v) is 13.8. The van der Waals surface area contributed by atoms with E-state index in [0.717, 1.165) is 107 Å². The van der Waals surface area contributed by atoms with E-state index in [0.29, 0.717) is 35.0 Å². The van der Waals surface area contributed by atoms with Crippen molar-refractivity contribution in [2.45, 2.75) is 58.0 Å². The van der Waals surface area contributed by atoms with E-state index in [1.54, 1.807) is 58.3 Å². The number of rotatable bonds is 9. The van der Waals surface area contributed by atoms with Crippen molar-refractivity contribution in [1.82, 2.24) is 40.4 Å². The number of piperidine rings is 2. The summed E-state index contributed by atoms with van der Waals surface area (Å²) >= 11 is 0. The molecule has 10 rings (SSSR count). The van der Waals surface area contributed by atoms with Crippen molar-refractivity contribution in [1.29, 1.82) is 0 Å². The van der Waals surface area contributed by atoms with E-state index in [-0.39, 0.29) is 23.8 Å². The van der Waals surface area contributed by atoms with Crippen LogP contribution in [0.25, 0.3) is 22.9 Å². The maximum atomic E-state index is 13.6. The van der Waals surface area contributed by atoms with E-state index in [4.69, 9.17) is 8.83 Å². The summed E-state index contributed by atoms with van der Waals surface area (Å²) < 4.78 is 86.1. The predicted molar refractivity (Wildman–Crippen MR) is 247 cm³/mol. The van der Waals surface area contributed by atoms with Crippen LogP contribution < -0.4 is 15.1 Å². The molecule has 2 spiro atoms. The number of urea groups is 2. The fourth-order valence-electron chi connectivity index (χ4n) is 9.49. The molecule has 6 heterocycles. The van der Waals surface area contributed by atoms with Gasteiger partial charge in [-0.2, -0.15) is 26.3 Å². The first-order valence-electron chi connectivity index (χ1n) is 23.3. The SMILES string of the molecule is CCN1CC2(CCN(C(=O)N(Cc3ccc(-c4nnc(C(F)(F)F)o4)cc3)c3ccccc3)CC2)C1.O=C(N1CCC2(CC1)CNC2)N(Cc1ccc(-c2nnc(C(F)(F)F)o2)cc1)c1ccccc1. The summed E-state index contributed by atoms with van der Waals surface area (Å²) in [5, 5.41) is 16.5. The van der Waals surface area contributed by atoms with Crippen LogP contribution in [0.5, 0.6) is 0 Å². The Morgan fingerprint density at radius 3 is 1.29 bits per heavy atom. The number of carbonyl (C=O) groups is 2. The molecule has 0 aliphatic carbocycles. The molecule has 6 aromatic rings. The molecule has 0 radical (unpaired) electrons. The number of alkyl halides is 6. The normalized spacial score (nSPS) is 17.6. The first-order valence-corrected chi connectivity index (χ1v) is 23.3. The van der Waals surface area contributed by atoms with E-state index in [9.17, 15) is 35.9 Å². The van der Waals surface area contributed by atoms with Gasteiger partial charge in [-0.1, -0.05) is 67.6 Å². The Morgan fingerprint density at radius 2 is 0.957 bits per heavy atom. The monoisotopic (exact) mass is 970 g/mol. The smallest absolute Gasteiger partial charge is 0.413 e. The number of likely N-dealkylation sites (tertiary alicyclic amines) is 3. The van der Waals surface area contributed by atoms with Crippen LogP contribution in [0.15, 0.2) is 118 Å². The Morgan fingerprint density at radius 1 is 0.571 bits per heavy atom. The number of anilines is 2. The van der Waals surface area contributed by atoms with Crippen LogP contribution in [0.3, 0.4) is 0 Å². The highest BCUT2D eigenvalue weighted by Crippen LogP contribution is 2.41. The first kappa shape index (κ1) is 48.2. The molecular weight excluding hydrogens is 919 g/mol. The van der Waals surface area contributed by atoms with E-state index < -0.39 is 24.1 Å². The fourth-order valence-corrected chi connectivity index (χ4v) is 9.49. The standard InChI is InChI=1S/C26H28F3N5O2.C24H24F3N5O2/c1-2-32-17-25(18-32)12-14-33(15-13-25)24(35)34(21-6-4-3-5-7-21)16-19-8-10-20(11-9-19)22-30-31-23(36-22)26(27,28)29;25-24(26,27)21-30-29-20(34-21)18-8-6-17(7-9-18)14-32(19-4-2-1-3-5-19)22(33)31-12-10-23(11-13-31)15-28-16-23/h3-11H,2,12-18H2,1H3;1-9,28H,10-16H2. The van der Waals surface area contributed by atoms with Crippen molar-refractivity contribution in [3.05, 3.63) is 132 Å². The van der Waals surface area contributed by atoms with Crippen LogP contribution in [-0.2, 0) is 25.4 Å². The minimum absolute atomic E-state index is 0.0430. The van der Waals surface area contributed by atoms with Gasteiger partial charge in [-0.3, -0.25) is 9.80 Å². The van der Waals surface area contributed by atoms with Gasteiger partial charge < -0.3 is 28.9 Å². The van der Waals surface area contributed by atoms with Gasteiger partial charge in [0.05, 0.1) is 13.1 Å². The van der Waals surface area contributed by atoms with Crippen LogP contribution in [0.1, 0.15) is 55.5 Å². The highest BCUT2D eigenvalue weighted by atomic mass is 19.4. The number of hydrogen-bond acceptors (Lipinski definition) is 10. The molecule has 14 nitrogen and oxygen atoms in total. The largest absolute Gasteiger partial charge is 0.470 e.